The third kappa shape index (κ3) is 3.10. The summed E-state index contributed by atoms with van der Waals surface area (Å²) in [7, 11) is 0. The average molecular weight is 400 g/mol. The number of anilines is 1. The number of aryl methyl sites for hydroxylation is 1. The van der Waals surface area contributed by atoms with Crippen molar-refractivity contribution in [1.29, 1.82) is 0 Å². The number of carbonyl (C=O) groups is 1. The number of benzene rings is 3. The molecule has 6 heteroatoms. The van der Waals surface area contributed by atoms with Crippen molar-refractivity contribution < 1.29 is 13.9 Å². The van der Waals surface area contributed by atoms with E-state index in [1.165, 1.54) is 6.07 Å². The van der Waals surface area contributed by atoms with Crippen molar-refractivity contribution in [3.8, 4) is 0 Å². The fourth-order valence-electron chi connectivity index (χ4n) is 4.21. The van der Waals surface area contributed by atoms with E-state index in [1.54, 1.807) is 24.3 Å². The van der Waals surface area contributed by atoms with E-state index in [-0.39, 0.29) is 11.9 Å². The van der Waals surface area contributed by atoms with Gasteiger partial charge in [-0.25, -0.2) is 4.39 Å². The van der Waals surface area contributed by atoms with Crippen LogP contribution in [0.2, 0.25) is 0 Å². The van der Waals surface area contributed by atoms with Gasteiger partial charge in [-0.3, -0.25) is 9.69 Å². The van der Waals surface area contributed by atoms with Gasteiger partial charge >= 0.3 is 0 Å². The minimum absolute atomic E-state index is 0.105. The van der Waals surface area contributed by atoms with Crippen molar-refractivity contribution in [2.45, 2.75) is 25.0 Å². The van der Waals surface area contributed by atoms with E-state index in [0.29, 0.717) is 17.3 Å². The standard InChI is InChI=1S/C24H19FN3O2/c25-16-11-12-18-15(14-16)10-13-21(18)28(17-6-2-1-3-7-17)24-27-20-9-5-4-8-19(20)22(30-24)23(26)29/h1-3,5-9,11-12,14,21-22H,10,13H2,(H2,26,29). The summed E-state index contributed by atoms with van der Waals surface area (Å²) in [5.41, 5.74) is 9.71. The number of hydrogen-bond acceptors (Lipinski definition) is 4. The Balaban J connectivity index is 1.65. The van der Waals surface area contributed by atoms with E-state index >= 15 is 0 Å². The summed E-state index contributed by atoms with van der Waals surface area (Å²) < 4.78 is 19.8. The molecule has 0 fully saturated rings. The van der Waals surface area contributed by atoms with Crippen LogP contribution in [-0.4, -0.2) is 11.9 Å². The van der Waals surface area contributed by atoms with Crippen LogP contribution in [0.1, 0.15) is 35.3 Å². The summed E-state index contributed by atoms with van der Waals surface area (Å²) in [5, 5.41) is 0. The molecule has 2 aliphatic rings. The normalized spacial score (nSPS) is 19.3. The molecular formula is C24H19FN3O2. The lowest BCUT2D eigenvalue weighted by atomic mass is 10.0. The van der Waals surface area contributed by atoms with Crippen molar-refractivity contribution in [3.05, 3.63) is 95.3 Å². The van der Waals surface area contributed by atoms with Gasteiger partial charge in [-0.1, -0.05) is 30.3 Å². The molecule has 5 nitrogen and oxygen atoms in total. The van der Waals surface area contributed by atoms with Crippen LogP contribution in [0, 0.1) is 11.9 Å². The molecule has 149 valence electrons. The molecular weight excluding hydrogens is 381 g/mol. The molecule has 1 heterocycles. The minimum atomic E-state index is -0.953. The van der Waals surface area contributed by atoms with Crippen molar-refractivity contribution in [1.82, 2.24) is 0 Å². The number of fused-ring (bicyclic) bond motifs is 2. The van der Waals surface area contributed by atoms with Gasteiger partial charge in [0, 0.05) is 11.3 Å². The number of primary amides is 1. The molecule has 1 radical (unpaired) electrons. The molecule has 2 N–H and O–H groups in total. The fraction of sp³-hybridized carbons (Fsp3) is 0.167. The third-order valence-electron chi connectivity index (χ3n) is 5.56. The summed E-state index contributed by atoms with van der Waals surface area (Å²) in [5.74, 6) is -0.837. The lowest BCUT2D eigenvalue weighted by Gasteiger charge is -2.35. The lowest BCUT2D eigenvalue weighted by Crippen LogP contribution is -2.40. The maximum atomic E-state index is 13.8. The lowest BCUT2D eigenvalue weighted by molar-refractivity contribution is -0.125. The first-order chi connectivity index (χ1) is 14.6. The van der Waals surface area contributed by atoms with E-state index in [2.05, 4.69) is 6.07 Å². The van der Waals surface area contributed by atoms with E-state index < -0.39 is 12.0 Å². The second kappa shape index (κ2) is 7.30. The maximum Gasteiger partial charge on any atom is 0.298 e. The molecule has 3 aromatic rings. The summed E-state index contributed by atoms with van der Waals surface area (Å²) in [6, 6.07) is 22.9. The van der Waals surface area contributed by atoms with Crippen LogP contribution >= 0.6 is 0 Å². The van der Waals surface area contributed by atoms with E-state index in [0.717, 1.165) is 29.7 Å². The Morgan fingerprint density at radius 3 is 2.80 bits per heavy atom. The van der Waals surface area contributed by atoms with Crippen LogP contribution in [-0.2, 0) is 16.0 Å². The van der Waals surface area contributed by atoms with Gasteiger partial charge in [-0.2, -0.15) is 4.99 Å². The highest BCUT2D eigenvalue weighted by atomic mass is 19.1. The highest BCUT2D eigenvalue weighted by Crippen LogP contribution is 2.42. The molecule has 0 saturated heterocycles. The number of nitrogens with two attached hydrogens (primary N) is 1. The van der Waals surface area contributed by atoms with Crippen molar-refractivity contribution in [2.75, 3.05) is 4.90 Å². The summed E-state index contributed by atoms with van der Waals surface area (Å²) in [4.78, 5) is 18.8. The van der Waals surface area contributed by atoms with Crippen molar-refractivity contribution >= 4 is 23.3 Å². The van der Waals surface area contributed by atoms with Gasteiger partial charge in [0.15, 0.2) is 0 Å². The van der Waals surface area contributed by atoms with Crippen LogP contribution in [0.15, 0.2) is 71.7 Å². The Morgan fingerprint density at radius 1 is 1.17 bits per heavy atom. The Morgan fingerprint density at radius 2 is 2.00 bits per heavy atom. The molecule has 30 heavy (non-hydrogen) atoms. The molecule has 0 spiro atoms. The first-order valence-corrected chi connectivity index (χ1v) is 9.79. The van der Waals surface area contributed by atoms with Gasteiger partial charge < -0.3 is 10.5 Å². The number of hydrogen-bond donors (Lipinski definition) is 1. The predicted molar refractivity (Wildman–Crippen MR) is 112 cm³/mol. The summed E-state index contributed by atoms with van der Waals surface area (Å²) in [6.07, 6.45) is 0.566. The SMILES string of the molecule is NC(=O)C1OC(N(c2ccccc2)C2CCc3cc(F)ccc32)=Nc2cc[c]cc21. The molecule has 2 unspecified atom stereocenters. The molecule has 2 atom stereocenters. The van der Waals surface area contributed by atoms with Gasteiger partial charge in [-0.15, -0.1) is 0 Å². The number of amides is 1. The summed E-state index contributed by atoms with van der Waals surface area (Å²) in [6.45, 7) is 0. The number of rotatable bonds is 3. The second-order valence-corrected chi connectivity index (χ2v) is 7.38. The van der Waals surface area contributed by atoms with Crippen LogP contribution in [0.3, 0.4) is 0 Å². The molecule has 3 aromatic carbocycles. The second-order valence-electron chi connectivity index (χ2n) is 7.38. The molecule has 0 aromatic heterocycles. The highest BCUT2D eigenvalue weighted by molar-refractivity contribution is 5.98. The molecule has 1 aliphatic carbocycles. The smallest absolute Gasteiger partial charge is 0.298 e. The molecule has 0 saturated carbocycles. The minimum Gasteiger partial charge on any atom is -0.446 e. The monoisotopic (exact) mass is 400 g/mol. The zero-order chi connectivity index (χ0) is 20.7. The van der Waals surface area contributed by atoms with Gasteiger partial charge in [0.25, 0.3) is 11.9 Å². The zero-order valence-electron chi connectivity index (χ0n) is 16.1. The molecule has 5 rings (SSSR count). The predicted octanol–water partition coefficient (Wildman–Crippen LogP) is 4.36. The maximum absolute atomic E-state index is 13.8. The number of amidine groups is 1. The number of ether oxygens (including phenoxy) is 1. The first-order valence-electron chi connectivity index (χ1n) is 9.79. The van der Waals surface area contributed by atoms with Crippen molar-refractivity contribution in [3.63, 3.8) is 0 Å². The fourth-order valence-corrected chi connectivity index (χ4v) is 4.21. The Kier molecular flexibility index (Phi) is 4.47. The number of carbonyl (C=O) groups excluding carboxylic acids is 1. The van der Waals surface area contributed by atoms with E-state index in [9.17, 15) is 9.18 Å². The third-order valence-corrected chi connectivity index (χ3v) is 5.56. The largest absolute Gasteiger partial charge is 0.446 e. The van der Waals surface area contributed by atoms with Gasteiger partial charge in [0.1, 0.15) is 5.82 Å². The number of aliphatic imine (C=N–C) groups is 1. The van der Waals surface area contributed by atoms with Gasteiger partial charge in [-0.05, 0) is 66.4 Å². The Labute approximate surface area is 173 Å². The Bertz CT molecular complexity index is 1150. The molecule has 1 amide bonds. The quantitative estimate of drug-likeness (QED) is 0.710. The number of nitrogens with zero attached hydrogens (tertiary/aromatic N) is 2. The van der Waals surface area contributed by atoms with Crippen LogP contribution in [0.25, 0.3) is 0 Å². The number of halogens is 1. The average Bonchev–Trinajstić information content (AvgIpc) is 3.16. The zero-order valence-corrected chi connectivity index (χ0v) is 16.1. The highest BCUT2D eigenvalue weighted by Gasteiger charge is 2.37. The Hall–Kier alpha value is -3.67. The van der Waals surface area contributed by atoms with Gasteiger partial charge in [0.2, 0.25) is 6.10 Å². The van der Waals surface area contributed by atoms with E-state index in [1.807, 2.05) is 41.3 Å². The van der Waals surface area contributed by atoms with Gasteiger partial charge in [0.05, 0.1) is 11.7 Å². The molecule has 1 aliphatic heterocycles. The van der Waals surface area contributed by atoms with E-state index in [4.69, 9.17) is 15.5 Å². The van der Waals surface area contributed by atoms with Crippen molar-refractivity contribution in [2.24, 2.45) is 10.7 Å². The number of para-hydroxylation sites is 1. The van der Waals surface area contributed by atoms with Crippen LogP contribution < -0.4 is 10.6 Å². The topological polar surface area (TPSA) is 67.9 Å². The first kappa shape index (κ1) is 18.4. The summed E-state index contributed by atoms with van der Waals surface area (Å²) >= 11 is 0. The molecule has 0 bridgehead atoms. The van der Waals surface area contributed by atoms with Crippen LogP contribution in [0.5, 0.6) is 0 Å². The van der Waals surface area contributed by atoms with Crippen LogP contribution in [0.4, 0.5) is 15.8 Å².